The quantitative estimate of drug-likeness (QED) is 0.510. The number of rotatable bonds is 10. The zero-order chi connectivity index (χ0) is 22.0. The highest BCUT2D eigenvalue weighted by Crippen LogP contribution is 2.27. The van der Waals surface area contributed by atoms with Crippen LogP contribution < -0.4 is 0 Å². The maximum Gasteiger partial charge on any atom is 0.157 e. The van der Waals surface area contributed by atoms with Gasteiger partial charge in [-0.1, -0.05) is 91.0 Å². The fourth-order valence-corrected chi connectivity index (χ4v) is 3.83. The molecule has 1 aliphatic heterocycles. The van der Waals surface area contributed by atoms with Crippen LogP contribution in [0.3, 0.4) is 0 Å². The van der Waals surface area contributed by atoms with Gasteiger partial charge in [0.15, 0.2) is 6.29 Å². The first-order valence-corrected chi connectivity index (χ1v) is 11.0. The van der Waals surface area contributed by atoms with Gasteiger partial charge in [-0.05, 0) is 16.7 Å². The highest BCUT2D eigenvalue weighted by atomic mass is 16.6. The number of hydrogen-bond acceptors (Lipinski definition) is 5. The van der Waals surface area contributed by atoms with Gasteiger partial charge < -0.3 is 24.1 Å². The predicted octanol–water partition coefficient (Wildman–Crippen LogP) is 4.48. The zero-order valence-corrected chi connectivity index (χ0v) is 18.1. The highest BCUT2D eigenvalue weighted by molar-refractivity contribution is 5.15. The summed E-state index contributed by atoms with van der Waals surface area (Å²) >= 11 is 0. The van der Waals surface area contributed by atoms with E-state index in [0.717, 1.165) is 16.7 Å². The lowest BCUT2D eigenvalue weighted by molar-refractivity contribution is -0.265. The Labute approximate surface area is 189 Å². The second-order valence-corrected chi connectivity index (χ2v) is 7.96. The molecule has 32 heavy (non-hydrogen) atoms. The molecular formula is C27H30O5. The second kappa shape index (κ2) is 11.9. The van der Waals surface area contributed by atoms with Crippen molar-refractivity contribution in [3.05, 3.63) is 108 Å². The van der Waals surface area contributed by atoms with E-state index >= 15 is 0 Å². The molecule has 1 fully saturated rings. The molecule has 1 heterocycles. The van der Waals surface area contributed by atoms with E-state index < -0.39 is 12.4 Å². The minimum atomic E-state index is -0.919. The first kappa shape index (κ1) is 22.6. The SMILES string of the molecule is O[C@@H]1C[C@H](OCc2ccccc2)[C@H](OCc2ccccc2)C(COCc2ccccc2)O1. The molecular weight excluding hydrogens is 404 g/mol. The van der Waals surface area contributed by atoms with Crippen molar-refractivity contribution in [1.29, 1.82) is 0 Å². The number of aliphatic hydroxyl groups excluding tert-OH is 1. The molecule has 0 aromatic heterocycles. The third kappa shape index (κ3) is 6.73. The zero-order valence-electron chi connectivity index (χ0n) is 18.1. The van der Waals surface area contributed by atoms with Crippen LogP contribution in [0.5, 0.6) is 0 Å². The van der Waals surface area contributed by atoms with E-state index in [0.29, 0.717) is 32.8 Å². The molecule has 1 unspecified atom stereocenters. The van der Waals surface area contributed by atoms with Crippen LogP contribution in [0, 0.1) is 0 Å². The van der Waals surface area contributed by atoms with Gasteiger partial charge in [0.25, 0.3) is 0 Å². The summed E-state index contributed by atoms with van der Waals surface area (Å²) in [6.45, 7) is 1.65. The highest BCUT2D eigenvalue weighted by Gasteiger charge is 2.40. The molecule has 0 radical (unpaired) electrons. The Hall–Kier alpha value is -2.54. The van der Waals surface area contributed by atoms with Crippen LogP contribution in [0.15, 0.2) is 91.0 Å². The Balaban J connectivity index is 1.42. The monoisotopic (exact) mass is 434 g/mol. The summed E-state index contributed by atoms with van der Waals surface area (Å²) in [6, 6.07) is 30.0. The Bertz CT molecular complexity index is 903. The van der Waals surface area contributed by atoms with Crippen molar-refractivity contribution in [2.45, 2.75) is 50.8 Å². The van der Waals surface area contributed by atoms with Gasteiger partial charge in [-0.15, -0.1) is 0 Å². The predicted molar refractivity (Wildman–Crippen MR) is 122 cm³/mol. The molecule has 0 amide bonds. The van der Waals surface area contributed by atoms with Crippen molar-refractivity contribution < 1.29 is 24.1 Å². The largest absolute Gasteiger partial charge is 0.374 e. The average molecular weight is 435 g/mol. The first-order chi connectivity index (χ1) is 15.8. The van der Waals surface area contributed by atoms with Crippen LogP contribution in [0.2, 0.25) is 0 Å². The number of hydrogen-bond donors (Lipinski definition) is 1. The van der Waals surface area contributed by atoms with Crippen LogP contribution in [0.25, 0.3) is 0 Å². The van der Waals surface area contributed by atoms with Crippen LogP contribution in [0.1, 0.15) is 23.1 Å². The standard InChI is InChI=1S/C27H30O5/c28-26-16-24(30-18-22-12-6-2-7-13-22)27(31-19-23-14-8-3-9-15-23)25(32-26)20-29-17-21-10-4-1-5-11-21/h1-15,24-28H,16-20H2/t24-,25?,26-,27-/m0/s1. The van der Waals surface area contributed by atoms with Crippen molar-refractivity contribution in [2.75, 3.05) is 6.61 Å². The van der Waals surface area contributed by atoms with Crippen molar-refractivity contribution >= 4 is 0 Å². The van der Waals surface area contributed by atoms with Crippen molar-refractivity contribution in [1.82, 2.24) is 0 Å². The molecule has 5 heteroatoms. The topological polar surface area (TPSA) is 57.2 Å². The lowest BCUT2D eigenvalue weighted by Gasteiger charge is -2.39. The molecule has 3 aromatic rings. The van der Waals surface area contributed by atoms with Gasteiger partial charge in [-0.25, -0.2) is 0 Å². The van der Waals surface area contributed by atoms with E-state index in [4.69, 9.17) is 18.9 Å². The lowest BCUT2D eigenvalue weighted by Crippen LogP contribution is -2.52. The molecule has 1 saturated heterocycles. The van der Waals surface area contributed by atoms with Crippen LogP contribution in [-0.4, -0.2) is 36.3 Å². The summed E-state index contributed by atoms with van der Waals surface area (Å²) < 4.78 is 24.3. The summed E-state index contributed by atoms with van der Waals surface area (Å²) in [4.78, 5) is 0. The van der Waals surface area contributed by atoms with Gasteiger partial charge in [0.1, 0.15) is 12.2 Å². The van der Waals surface area contributed by atoms with E-state index in [1.165, 1.54) is 0 Å². The summed E-state index contributed by atoms with van der Waals surface area (Å²) in [5.41, 5.74) is 3.24. The molecule has 168 valence electrons. The average Bonchev–Trinajstić information content (AvgIpc) is 2.84. The summed E-state index contributed by atoms with van der Waals surface area (Å²) in [5, 5.41) is 10.4. The number of aliphatic hydroxyl groups is 1. The number of ether oxygens (including phenoxy) is 4. The van der Waals surface area contributed by atoms with Crippen molar-refractivity contribution in [3.63, 3.8) is 0 Å². The normalized spacial score (nSPS) is 23.2. The molecule has 4 atom stereocenters. The Morgan fingerprint density at radius 2 is 1.19 bits per heavy atom. The van der Waals surface area contributed by atoms with Gasteiger partial charge in [-0.2, -0.15) is 0 Å². The molecule has 3 aromatic carbocycles. The van der Waals surface area contributed by atoms with E-state index in [1.807, 2.05) is 91.0 Å². The lowest BCUT2D eigenvalue weighted by atomic mass is 10.0. The third-order valence-corrected chi connectivity index (χ3v) is 5.48. The molecule has 1 N–H and O–H groups in total. The Morgan fingerprint density at radius 3 is 1.75 bits per heavy atom. The Kier molecular flexibility index (Phi) is 8.42. The molecule has 5 nitrogen and oxygen atoms in total. The maximum atomic E-state index is 10.4. The summed E-state index contributed by atoms with van der Waals surface area (Å²) in [5.74, 6) is 0. The van der Waals surface area contributed by atoms with Crippen LogP contribution in [0.4, 0.5) is 0 Å². The minimum Gasteiger partial charge on any atom is -0.374 e. The van der Waals surface area contributed by atoms with Gasteiger partial charge in [-0.3, -0.25) is 0 Å². The smallest absolute Gasteiger partial charge is 0.157 e. The summed E-state index contributed by atoms with van der Waals surface area (Å²) in [6.07, 6.45) is -1.68. The van der Waals surface area contributed by atoms with Crippen LogP contribution >= 0.6 is 0 Å². The minimum absolute atomic E-state index is 0.302. The van der Waals surface area contributed by atoms with Crippen molar-refractivity contribution in [2.24, 2.45) is 0 Å². The van der Waals surface area contributed by atoms with E-state index in [1.54, 1.807) is 0 Å². The summed E-state index contributed by atoms with van der Waals surface area (Å²) in [7, 11) is 0. The van der Waals surface area contributed by atoms with E-state index in [-0.39, 0.29) is 12.2 Å². The Morgan fingerprint density at radius 1 is 0.688 bits per heavy atom. The molecule has 4 rings (SSSR count). The molecule has 0 spiro atoms. The fourth-order valence-electron chi connectivity index (χ4n) is 3.83. The molecule has 0 bridgehead atoms. The van der Waals surface area contributed by atoms with Gasteiger partial charge in [0.05, 0.1) is 32.5 Å². The first-order valence-electron chi connectivity index (χ1n) is 11.0. The van der Waals surface area contributed by atoms with E-state index in [9.17, 15) is 5.11 Å². The molecule has 0 saturated carbocycles. The fraction of sp³-hybridized carbons (Fsp3) is 0.333. The van der Waals surface area contributed by atoms with Gasteiger partial charge in [0.2, 0.25) is 0 Å². The maximum absolute atomic E-state index is 10.4. The van der Waals surface area contributed by atoms with Gasteiger partial charge in [0, 0.05) is 6.42 Å². The van der Waals surface area contributed by atoms with Gasteiger partial charge >= 0.3 is 0 Å². The second-order valence-electron chi connectivity index (χ2n) is 7.96. The van der Waals surface area contributed by atoms with E-state index in [2.05, 4.69) is 0 Å². The number of benzene rings is 3. The van der Waals surface area contributed by atoms with Crippen LogP contribution in [-0.2, 0) is 38.8 Å². The van der Waals surface area contributed by atoms with Crippen molar-refractivity contribution in [3.8, 4) is 0 Å². The molecule has 0 aliphatic carbocycles. The molecule has 1 aliphatic rings. The third-order valence-electron chi connectivity index (χ3n) is 5.48.